The van der Waals surface area contributed by atoms with Crippen LogP contribution < -0.4 is 0 Å². The molecule has 4 nitrogen and oxygen atoms in total. The molecular weight excluding hydrogens is 374 g/mol. The molecule has 8 heteroatoms. The molecule has 1 heterocycles. The first-order valence-corrected chi connectivity index (χ1v) is 9.28. The van der Waals surface area contributed by atoms with Gasteiger partial charge >= 0.3 is 0 Å². The number of thiophene rings is 1. The van der Waals surface area contributed by atoms with Crippen LogP contribution in [0.15, 0.2) is 14.7 Å². The van der Waals surface area contributed by atoms with Crippen LogP contribution in [0.2, 0.25) is 0 Å². The summed E-state index contributed by atoms with van der Waals surface area (Å²) in [4.78, 5) is 1.10. The Morgan fingerprint density at radius 1 is 1.53 bits per heavy atom. The first-order valence-electron chi connectivity index (χ1n) is 5.69. The topological polar surface area (TPSA) is 46.6 Å². The highest BCUT2D eigenvalue weighted by Crippen LogP contribution is 2.34. The van der Waals surface area contributed by atoms with E-state index in [9.17, 15) is 8.42 Å². The molecule has 0 amide bonds. The van der Waals surface area contributed by atoms with Gasteiger partial charge in [0.2, 0.25) is 10.0 Å². The minimum absolute atomic E-state index is 0.133. The van der Waals surface area contributed by atoms with Crippen molar-refractivity contribution in [2.24, 2.45) is 0 Å². The van der Waals surface area contributed by atoms with Gasteiger partial charge < -0.3 is 4.74 Å². The zero-order valence-corrected chi connectivity index (χ0v) is 15.0. The van der Waals surface area contributed by atoms with Crippen molar-refractivity contribution in [3.8, 4) is 0 Å². The van der Waals surface area contributed by atoms with E-state index >= 15 is 0 Å². The lowest BCUT2D eigenvalue weighted by molar-refractivity contribution is 0.171. The van der Waals surface area contributed by atoms with Gasteiger partial charge in [0.15, 0.2) is 0 Å². The smallest absolute Gasteiger partial charge is 0.245 e. The maximum atomic E-state index is 12.6. The van der Waals surface area contributed by atoms with Crippen LogP contribution in [0, 0.1) is 0 Å². The number of sulfonamides is 1. The fraction of sp³-hybridized carbons (Fsp3) is 0.636. The Morgan fingerprint density at radius 3 is 2.58 bits per heavy atom. The van der Waals surface area contributed by atoms with Crippen molar-refractivity contribution >= 4 is 48.9 Å². The van der Waals surface area contributed by atoms with Crippen molar-refractivity contribution in [3.05, 3.63) is 14.7 Å². The van der Waals surface area contributed by atoms with Crippen LogP contribution in [0.25, 0.3) is 0 Å². The number of ether oxygens (including phenoxy) is 1. The quantitative estimate of drug-likeness (QED) is 0.671. The third-order valence-electron chi connectivity index (χ3n) is 2.52. The molecule has 0 radical (unpaired) electrons. The van der Waals surface area contributed by atoms with Crippen LogP contribution in [0.3, 0.4) is 0 Å². The summed E-state index contributed by atoms with van der Waals surface area (Å²) in [7, 11) is -1.98. The van der Waals surface area contributed by atoms with Gasteiger partial charge in [0, 0.05) is 24.6 Å². The minimum atomic E-state index is -3.53. The number of methoxy groups -OCH3 is 1. The Kier molecular flexibility index (Phi) is 6.75. The lowest BCUT2D eigenvalue weighted by atomic mass is 10.4. The maximum absolute atomic E-state index is 12.6. The summed E-state index contributed by atoms with van der Waals surface area (Å²) in [6.45, 7) is 4.38. The predicted molar refractivity (Wildman–Crippen MR) is 82.5 cm³/mol. The Morgan fingerprint density at radius 2 is 2.16 bits per heavy atom. The average molecular weight is 391 g/mol. The molecule has 0 aliphatic carbocycles. The van der Waals surface area contributed by atoms with Crippen LogP contribution in [-0.4, -0.2) is 39.0 Å². The molecule has 1 aromatic heterocycles. The summed E-state index contributed by atoms with van der Waals surface area (Å²) >= 11 is 10.4. The molecule has 1 rings (SSSR count). The Hall–Kier alpha value is 0.340. The molecule has 0 saturated carbocycles. The lowest BCUT2D eigenvalue weighted by Gasteiger charge is -2.25. The number of hydrogen-bond acceptors (Lipinski definition) is 4. The van der Waals surface area contributed by atoms with Crippen LogP contribution in [0.4, 0.5) is 0 Å². The van der Waals surface area contributed by atoms with Crippen LogP contribution >= 0.6 is 38.9 Å². The van der Waals surface area contributed by atoms with Gasteiger partial charge in [-0.25, -0.2) is 8.42 Å². The molecule has 110 valence electrons. The molecule has 0 N–H and O–H groups in total. The van der Waals surface area contributed by atoms with Crippen molar-refractivity contribution in [3.63, 3.8) is 0 Å². The van der Waals surface area contributed by atoms with E-state index in [0.29, 0.717) is 22.8 Å². The van der Waals surface area contributed by atoms with E-state index in [0.717, 1.165) is 4.88 Å². The van der Waals surface area contributed by atoms with Gasteiger partial charge in [0.05, 0.1) is 16.3 Å². The molecule has 0 fully saturated rings. The van der Waals surface area contributed by atoms with Gasteiger partial charge in [-0.3, -0.25) is 0 Å². The van der Waals surface area contributed by atoms with Crippen molar-refractivity contribution in [1.29, 1.82) is 0 Å². The molecule has 0 aliphatic rings. The van der Waals surface area contributed by atoms with Crippen LogP contribution in [0.1, 0.15) is 18.7 Å². The number of halogens is 2. The van der Waals surface area contributed by atoms with E-state index in [-0.39, 0.29) is 10.9 Å². The molecule has 0 unspecified atom stereocenters. The first-order chi connectivity index (χ1) is 8.84. The Balaban J connectivity index is 3.14. The second-order valence-corrected chi connectivity index (χ2v) is 8.77. The molecule has 19 heavy (non-hydrogen) atoms. The maximum Gasteiger partial charge on any atom is 0.245 e. The molecule has 0 aliphatic heterocycles. The van der Waals surface area contributed by atoms with Gasteiger partial charge in [-0.15, -0.1) is 22.9 Å². The van der Waals surface area contributed by atoms with E-state index in [4.69, 9.17) is 16.3 Å². The molecule has 1 aromatic rings. The van der Waals surface area contributed by atoms with Crippen molar-refractivity contribution < 1.29 is 13.2 Å². The fourth-order valence-corrected chi connectivity index (χ4v) is 5.95. The van der Waals surface area contributed by atoms with Crippen LogP contribution in [0.5, 0.6) is 0 Å². The van der Waals surface area contributed by atoms with Crippen molar-refractivity contribution in [2.45, 2.75) is 30.7 Å². The van der Waals surface area contributed by atoms with E-state index in [1.54, 1.807) is 13.2 Å². The second kappa shape index (κ2) is 7.38. The monoisotopic (exact) mass is 389 g/mol. The summed E-state index contributed by atoms with van der Waals surface area (Å²) in [6, 6.07) is 1.49. The van der Waals surface area contributed by atoms with Crippen LogP contribution in [-0.2, 0) is 20.6 Å². The highest BCUT2D eigenvalue weighted by molar-refractivity contribution is 9.11. The highest BCUT2D eigenvalue weighted by atomic mass is 79.9. The largest absolute Gasteiger partial charge is 0.383 e. The number of rotatable bonds is 7. The highest BCUT2D eigenvalue weighted by Gasteiger charge is 2.30. The van der Waals surface area contributed by atoms with E-state index in [1.807, 2.05) is 13.8 Å². The SMILES string of the molecule is COCCN(C(C)C)S(=O)(=O)c1cc(CCl)sc1Br. The summed E-state index contributed by atoms with van der Waals surface area (Å²) < 4.78 is 32.3. The normalized spacial score (nSPS) is 12.6. The number of alkyl halides is 1. The summed E-state index contributed by atoms with van der Waals surface area (Å²) in [5.74, 6) is 0.304. The van der Waals surface area contributed by atoms with Gasteiger partial charge in [-0.1, -0.05) is 0 Å². The fourth-order valence-electron chi connectivity index (χ4n) is 1.60. The third-order valence-corrected chi connectivity index (χ3v) is 7.29. The molecule has 0 aromatic carbocycles. The average Bonchev–Trinajstić information content (AvgIpc) is 2.71. The molecule has 0 bridgehead atoms. The number of hydrogen-bond donors (Lipinski definition) is 0. The van der Waals surface area contributed by atoms with Crippen molar-refractivity contribution in [1.82, 2.24) is 4.31 Å². The zero-order chi connectivity index (χ0) is 14.6. The summed E-state index contributed by atoms with van der Waals surface area (Å²) in [6.07, 6.45) is 0. The minimum Gasteiger partial charge on any atom is -0.383 e. The number of nitrogens with zero attached hydrogens (tertiary/aromatic N) is 1. The summed E-state index contributed by atoms with van der Waals surface area (Å²) in [5, 5.41) is 0. The van der Waals surface area contributed by atoms with E-state index < -0.39 is 10.0 Å². The third kappa shape index (κ3) is 4.15. The molecular formula is C11H17BrClNO3S2. The van der Waals surface area contributed by atoms with Gasteiger partial charge in [-0.2, -0.15) is 4.31 Å². The standard InChI is InChI=1S/C11H17BrClNO3S2/c1-8(2)14(4-5-17-3)19(15,16)10-6-9(7-13)18-11(10)12/h6,8H,4-5,7H2,1-3H3. The Labute approximate surface area is 131 Å². The molecule has 0 saturated heterocycles. The van der Waals surface area contributed by atoms with Gasteiger partial charge in [-0.05, 0) is 35.8 Å². The molecule has 0 atom stereocenters. The lowest BCUT2D eigenvalue weighted by Crippen LogP contribution is -2.39. The van der Waals surface area contributed by atoms with Gasteiger partial charge in [0.1, 0.15) is 4.90 Å². The van der Waals surface area contributed by atoms with Gasteiger partial charge in [0.25, 0.3) is 0 Å². The predicted octanol–water partition coefficient (Wildman–Crippen LogP) is 3.29. The Bertz CT molecular complexity index is 516. The van der Waals surface area contributed by atoms with E-state index in [2.05, 4.69) is 15.9 Å². The second-order valence-electron chi connectivity index (χ2n) is 4.19. The summed E-state index contributed by atoms with van der Waals surface area (Å²) in [5.41, 5.74) is 0. The van der Waals surface area contributed by atoms with E-state index in [1.165, 1.54) is 15.6 Å². The van der Waals surface area contributed by atoms with Crippen molar-refractivity contribution in [2.75, 3.05) is 20.3 Å². The first kappa shape index (κ1) is 17.4. The zero-order valence-electron chi connectivity index (χ0n) is 11.0. The molecule has 0 spiro atoms.